The Morgan fingerprint density at radius 2 is 2.20 bits per heavy atom. The summed E-state index contributed by atoms with van der Waals surface area (Å²) in [7, 11) is 0. The number of carbonyl (C=O) groups excluding carboxylic acids is 1. The van der Waals surface area contributed by atoms with Crippen LogP contribution in [-0.4, -0.2) is 42.5 Å². The molecule has 4 heteroatoms. The molecule has 2 aliphatic rings. The number of nitrogens with one attached hydrogen (secondary N) is 1. The molecule has 1 saturated heterocycles. The number of hydrogen-bond acceptors (Lipinski definition) is 3. The second-order valence-corrected chi connectivity index (χ2v) is 5.11. The van der Waals surface area contributed by atoms with Gasteiger partial charge >= 0.3 is 0 Å². The summed E-state index contributed by atoms with van der Waals surface area (Å²) in [6.45, 7) is 5.21. The quantitative estimate of drug-likeness (QED) is 0.669. The first-order chi connectivity index (χ1) is 7.11. The molecule has 1 amide bonds. The zero-order valence-electron chi connectivity index (χ0n) is 9.46. The molecule has 1 aliphatic carbocycles. The van der Waals surface area contributed by atoms with Crippen LogP contribution in [0.15, 0.2) is 0 Å². The summed E-state index contributed by atoms with van der Waals surface area (Å²) in [4.78, 5) is 13.6. The van der Waals surface area contributed by atoms with Gasteiger partial charge in [0.25, 0.3) is 0 Å². The van der Waals surface area contributed by atoms with Gasteiger partial charge in [0, 0.05) is 25.2 Å². The molecule has 3 N–H and O–H groups in total. The van der Waals surface area contributed by atoms with E-state index < -0.39 is 0 Å². The van der Waals surface area contributed by atoms with Crippen molar-refractivity contribution < 1.29 is 4.79 Å². The maximum atomic E-state index is 11.5. The summed E-state index contributed by atoms with van der Waals surface area (Å²) in [6, 6.07) is 0. The molecule has 1 heterocycles. The summed E-state index contributed by atoms with van der Waals surface area (Å²) in [6.07, 6.45) is 3.56. The smallest absolute Gasteiger partial charge is 0.234 e. The Labute approximate surface area is 91.2 Å². The van der Waals surface area contributed by atoms with Gasteiger partial charge in [0.05, 0.1) is 6.54 Å². The molecule has 4 nitrogen and oxygen atoms in total. The fourth-order valence-electron chi connectivity index (χ4n) is 2.02. The number of nitrogens with two attached hydrogens (primary N) is 1. The first-order valence-electron chi connectivity index (χ1n) is 5.89. The fourth-order valence-corrected chi connectivity index (χ4v) is 2.02. The van der Waals surface area contributed by atoms with Crippen molar-refractivity contribution in [3.63, 3.8) is 0 Å². The highest BCUT2D eigenvalue weighted by molar-refractivity contribution is 5.78. The molecule has 0 spiro atoms. The van der Waals surface area contributed by atoms with Crippen LogP contribution in [0.1, 0.15) is 26.2 Å². The molecular formula is C11H21N3O. The zero-order chi connectivity index (χ0) is 10.9. The number of rotatable bonds is 5. The van der Waals surface area contributed by atoms with E-state index in [1.54, 1.807) is 0 Å². The maximum absolute atomic E-state index is 11.5. The van der Waals surface area contributed by atoms with Crippen LogP contribution in [0.4, 0.5) is 0 Å². The Morgan fingerprint density at radius 3 is 2.73 bits per heavy atom. The normalized spacial score (nSPS) is 24.7. The molecule has 0 unspecified atom stereocenters. The second kappa shape index (κ2) is 4.10. The molecule has 0 aromatic heterocycles. The Morgan fingerprint density at radius 1 is 1.53 bits per heavy atom. The summed E-state index contributed by atoms with van der Waals surface area (Å²) in [5.41, 5.74) is 6.00. The average molecular weight is 211 g/mol. The van der Waals surface area contributed by atoms with Gasteiger partial charge in [-0.05, 0) is 25.2 Å². The molecule has 0 radical (unpaired) electrons. The van der Waals surface area contributed by atoms with Crippen LogP contribution in [0.2, 0.25) is 0 Å². The minimum Gasteiger partial charge on any atom is -0.355 e. The van der Waals surface area contributed by atoms with E-state index in [0.717, 1.165) is 32.0 Å². The van der Waals surface area contributed by atoms with Gasteiger partial charge < -0.3 is 11.1 Å². The van der Waals surface area contributed by atoms with Crippen molar-refractivity contribution in [1.29, 1.82) is 0 Å². The molecule has 2 fully saturated rings. The van der Waals surface area contributed by atoms with Crippen LogP contribution in [0.25, 0.3) is 0 Å². The van der Waals surface area contributed by atoms with Crippen LogP contribution >= 0.6 is 0 Å². The van der Waals surface area contributed by atoms with Crippen molar-refractivity contribution in [3.8, 4) is 0 Å². The first-order valence-corrected chi connectivity index (χ1v) is 5.89. The van der Waals surface area contributed by atoms with Crippen LogP contribution in [-0.2, 0) is 4.79 Å². The van der Waals surface area contributed by atoms with E-state index in [9.17, 15) is 4.79 Å². The van der Waals surface area contributed by atoms with E-state index in [1.165, 1.54) is 12.8 Å². The lowest BCUT2D eigenvalue weighted by molar-refractivity contribution is -0.124. The molecule has 15 heavy (non-hydrogen) atoms. The first kappa shape index (κ1) is 10.9. The van der Waals surface area contributed by atoms with Crippen molar-refractivity contribution in [2.75, 3.05) is 26.2 Å². The van der Waals surface area contributed by atoms with Gasteiger partial charge in [-0.3, -0.25) is 9.69 Å². The average Bonchev–Trinajstić information content (AvgIpc) is 2.95. The fraction of sp³-hybridized carbons (Fsp3) is 0.909. The third kappa shape index (κ3) is 2.92. The standard InChI is InChI=1S/C11H21N3O/c1-2-11(12)7-14(8-11)6-10(15)13-5-9-3-4-9/h9H,2-8,12H2,1H3,(H,13,15). The third-order valence-corrected chi connectivity index (χ3v) is 3.43. The topological polar surface area (TPSA) is 58.4 Å². The predicted molar refractivity (Wildman–Crippen MR) is 59.4 cm³/mol. The molecule has 0 aromatic carbocycles. The lowest BCUT2D eigenvalue weighted by atomic mass is 9.88. The Hall–Kier alpha value is -0.610. The van der Waals surface area contributed by atoms with Gasteiger partial charge in [0.1, 0.15) is 0 Å². The number of hydrogen-bond donors (Lipinski definition) is 2. The molecule has 1 saturated carbocycles. The van der Waals surface area contributed by atoms with Gasteiger partial charge in [-0.2, -0.15) is 0 Å². The van der Waals surface area contributed by atoms with Gasteiger partial charge in [0.2, 0.25) is 5.91 Å². The Balaban J connectivity index is 1.59. The molecule has 86 valence electrons. The monoisotopic (exact) mass is 211 g/mol. The summed E-state index contributed by atoms with van der Waals surface area (Å²) in [5.74, 6) is 0.912. The van der Waals surface area contributed by atoms with E-state index in [1.807, 2.05) is 0 Å². The summed E-state index contributed by atoms with van der Waals surface area (Å²) >= 11 is 0. The summed E-state index contributed by atoms with van der Waals surface area (Å²) in [5, 5.41) is 2.97. The molecular weight excluding hydrogens is 190 g/mol. The van der Waals surface area contributed by atoms with Crippen molar-refractivity contribution in [2.45, 2.75) is 31.7 Å². The maximum Gasteiger partial charge on any atom is 0.234 e. The predicted octanol–water partition coefficient (Wildman–Crippen LogP) is -0.0643. The van der Waals surface area contributed by atoms with E-state index >= 15 is 0 Å². The Kier molecular flexibility index (Phi) is 2.98. The van der Waals surface area contributed by atoms with Gasteiger partial charge in [-0.15, -0.1) is 0 Å². The van der Waals surface area contributed by atoms with Crippen molar-refractivity contribution in [3.05, 3.63) is 0 Å². The van der Waals surface area contributed by atoms with Crippen molar-refractivity contribution in [1.82, 2.24) is 10.2 Å². The molecule has 1 aliphatic heterocycles. The van der Waals surface area contributed by atoms with Gasteiger partial charge in [0.15, 0.2) is 0 Å². The van der Waals surface area contributed by atoms with Crippen LogP contribution in [0.3, 0.4) is 0 Å². The SMILES string of the molecule is CCC1(N)CN(CC(=O)NCC2CC2)C1. The number of likely N-dealkylation sites (tertiary alicyclic amines) is 1. The third-order valence-electron chi connectivity index (χ3n) is 3.43. The number of nitrogens with zero attached hydrogens (tertiary/aromatic N) is 1. The van der Waals surface area contributed by atoms with Gasteiger partial charge in [-0.25, -0.2) is 0 Å². The van der Waals surface area contributed by atoms with E-state index in [-0.39, 0.29) is 11.4 Å². The van der Waals surface area contributed by atoms with E-state index in [4.69, 9.17) is 5.73 Å². The van der Waals surface area contributed by atoms with Crippen LogP contribution in [0, 0.1) is 5.92 Å². The van der Waals surface area contributed by atoms with Crippen molar-refractivity contribution >= 4 is 5.91 Å². The highest BCUT2D eigenvalue weighted by Gasteiger charge is 2.38. The minimum atomic E-state index is -0.0310. The molecule has 2 rings (SSSR count). The second-order valence-electron chi connectivity index (χ2n) is 5.11. The minimum absolute atomic E-state index is 0.0310. The van der Waals surface area contributed by atoms with E-state index in [2.05, 4.69) is 17.1 Å². The van der Waals surface area contributed by atoms with Crippen molar-refractivity contribution in [2.24, 2.45) is 11.7 Å². The highest BCUT2D eigenvalue weighted by atomic mass is 16.2. The molecule has 0 aromatic rings. The summed E-state index contributed by atoms with van der Waals surface area (Å²) < 4.78 is 0. The number of amides is 1. The van der Waals surface area contributed by atoms with Gasteiger partial charge in [-0.1, -0.05) is 6.92 Å². The molecule has 0 bridgehead atoms. The lowest BCUT2D eigenvalue weighted by Crippen LogP contribution is -2.68. The van der Waals surface area contributed by atoms with E-state index in [0.29, 0.717) is 6.54 Å². The number of carbonyl (C=O) groups is 1. The lowest BCUT2D eigenvalue weighted by Gasteiger charge is -2.47. The van der Waals surface area contributed by atoms with Crippen LogP contribution in [0.5, 0.6) is 0 Å². The molecule has 0 atom stereocenters. The largest absolute Gasteiger partial charge is 0.355 e. The Bertz CT molecular complexity index is 244. The van der Waals surface area contributed by atoms with Crippen LogP contribution < -0.4 is 11.1 Å². The highest BCUT2D eigenvalue weighted by Crippen LogP contribution is 2.27. The zero-order valence-corrected chi connectivity index (χ0v) is 9.46.